The molecule has 2 rings (SSSR count). The van der Waals surface area contributed by atoms with Gasteiger partial charge in [-0.15, -0.1) is 0 Å². The number of rotatable bonds is 9. The van der Waals surface area contributed by atoms with Gasteiger partial charge in [-0.1, -0.05) is 12.1 Å². The summed E-state index contributed by atoms with van der Waals surface area (Å²) in [5.41, 5.74) is 1.19. The molecule has 1 aliphatic carbocycles. The molecule has 0 heterocycles. The first-order valence-corrected chi connectivity index (χ1v) is 8.25. The molecule has 1 aromatic rings. The molecule has 1 saturated carbocycles. The lowest BCUT2D eigenvalue weighted by atomic mass is 10.2. The van der Waals surface area contributed by atoms with Crippen LogP contribution in [0.15, 0.2) is 18.2 Å². The van der Waals surface area contributed by atoms with Gasteiger partial charge in [-0.25, -0.2) is 0 Å². The van der Waals surface area contributed by atoms with Gasteiger partial charge in [0.2, 0.25) is 0 Å². The molecule has 0 spiro atoms. The Morgan fingerprint density at radius 2 is 2.21 bits per heavy atom. The number of methoxy groups -OCH3 is 1. The maximum Gasteiger partial charge on any atom is 0.165 e. The number of para-hydroxylation sites is 1. The second-order valence-corrected chi connectivity index (χ2v) is 5.78. The number of thioether (sulfide) groups is 1. The predicted molar refractivity (Wildman–Crippen MR) is 81.3 cm³/mol. The topological polar surface area (TPSA) is 30.5 Å². The molecule has 0 aliphatic heterocycles. The summed E-state index contributed by atoms with van der Waals surface area (Å²) in [5, 5.41) is 3.53. The Hall–Kier alpha value is -0.870. The van der Waals surface area contributed by atoms with Crippen LogP contribution in [0.1, 0.15) is 24.8 Å². The maximum absolute atomic E-state index is 5.94. The molecule has 0 amide bonds. The quantitative estimate of drug-likeness (QED) is 0.705. The first-order valence-electron chi connectivity index (χ1n) is 6.86. The first kappa shape index (κ1) is 14.5. The Morgan fingerprint density at radius 3 is 2.89 bits per heavy atom. The molecule has 0 unspecified atom stereocenters. The molecule has 4 heteroatoms. The van der Waals surface area contributed by atoms with Crippen molar-refractivity contribution in [2.24, 2.45) is 0 Å². The summed E-state index contributed by atoms with van der Waals surface area (Å²) in [6, 6.07) is 6.81. The number of benzene rings is 1. The number of hydrogen-bond donors (Lipinski definition) is 1. The molecule has 0 radical (unpaired) electrons. The summed E-state index contributed by atoms with van der Waals surface area (Å²) in [5.74, 6) is 2.86. The van der Waals surface area contributed by atoms with E-state index in [1.165, 1.54) is 18.4 Å². The van der Waals surface area contributed by atoms with Crippen LogP contribution in [-0.2, 0) is 6.54 Å². The van der Waals surface area contributed by atoms with Crippen molar-refractivity contribution in [3.05, 3.63) is 23.8 Å². The lowest BCUT2D eigenvalue weighted by Crippen LogP contribution is -2.16. The summed E-state index contributed by atoms with van der Waals surface area (Å²) in [4.78, 5) is 0. The largest absolute Gasteiger partial charge is 0.493 e. The second kappa shape index (κ2) is 7.65. The Balaban J connectivity index is 1.97. The SMILES string of the molecule is COc1cccc(CNC2CC2)c1OCCCSC. The zero-order chi connectivity index (χ0) is 13.5. The Labute approximate surface area is 120 Å². The fraction of sp³-hybridized carbons (Fsp3) is 0.600. The molecule has 1 aromatic carbocycles. The average molecular weight is 281 g/mol. The molecule has 1 fully saturated rings. The summed E-state index contributed by atoms with van der Waals surface area (Å²) in [6.45, 7) is 1.61. The van der Waals surface area contributed by atoms with Crippen molar-refractivity contribution < 1.29 is 9.47 Å². The third-order valence-electron chi connectivity index (χ3n) is 3.18. The van der Waals surface area contributed by atoms with E-state index in [9.17, 15) is 0 Å². The highest BCUT2D eigenvalue weighted by Gasteiger charge is 2.21. The van der Waals surface area contributed by atoms with E-state index in [2.05, 4.69) is 17.6 Å². The van der Waals surface area contributed by atoms with Crippen molar-refractivity contribution in [1.82, 2.24) is 5.32 Å². The van der Waals surface area contributed by atoms with Crippen LogP contribution in [0.25, 0.3) is 0 Å². The second-order valence-electron chi connectivity index (χ2n) is 4.80. The molecule has 3 nitrogen and oxygen atoms in total. The van der Waals surface area contributed by atoms with E-state index in [1.54, 1.807) is 7.11 Å². The highest BCUT2D eigenvalue weighted by Crippen LogP contribution is 2.32. The molecule has 0 aromatic heterocycles. The van der Waals surface area contributed by atoms with Crippen molar-refractivity contribution in [1.29, 1.82) is 0 Å². The van der Waals surface area contributed by atoms with Gasteiger partial charge in [0.1, 0.15) is 0 Å². The minimum Gasteiger partial charge on any atom is -0.493 e. The van der Waals surface area contributed by atoms with Gasteiger partial charge < -0.3 is 14.8 Å². The smallest absolute Gasteiger partial charge is 0.165 e. The van der Waals surface area contributed by atoms with Crippen LogP contribution < -0.4 is 14.8 Å². The fourth-order valence-electron chi connectivity index (χ4n) is 1.94. The Kier molecular flexibility index (Phi) is 5.86. The van der Waals surface area contributed by atoms with Gasteiger partial charge in [-0.2, -0.15) is 11.8 Å². The first-order chi connectivity index (χ1) is 9.35. The van der Waals surface area contributed by atoms with Crippen molar-refractivity contribution in [2.75, 3.05) is 25.7 Å². The van der Waals surface area contributed by atoms with Gasteiger partial charge >= 0.3 is 0 Å². The summed E-state index contributed by atoms with van der Waals surface area (Å²) < 4.78 is 11.3. The highest BCUT2D eigenvalue weighted by molar-refractivity contribution is 7.98. The summed E-state index contributed by atoms with van der Waals surface area (Å²) in [7, 11) is 1.70. The van der Waals surface area contributed by atoms with Gasteiger partial charge in [0.05, 0.1) is 13.7 Å². The van der Waals surface area contributed by atoms with E-state index in [0.717, 1.165) is 36.8 Å². The monoisotopic (exact) mass is 281 g/mol. The van der Waals surface area contributed by atoms with Crippen molar-refractivity contribution >= 4 is 11.8 Å². The summed E-state index contributed by atoms with van der Waals surface area (Å²) >= 11 is 1.85. The van der Waals surface area contributed by atoms with E-state index in [1.807, 2.05) is 23.9 Å². The number of ether oxygens (including phenoxy) is 2. The lowest BCUT2D eigenvalue weighted by molar-refractivity contribution is 0.291. The van der Waals surface area contributed by atoms with Crippen LogP contribution in [0.2, 0.25) is 0 Å². The third-order valence-corrected chi connectivity index (χ3v) is 3.88. The van der Waals surface area contributed by atoms with Gasteiger partial charge in [-0.05, 0) is 37.3 Å². The van der Waals surface area contributed by atoms with Crippen LogP contribution in [-0.4, -0.2) is 31.8 Å². The number of hydrogen-bond acceptors (Lipinski definition) is 4. The van der Waals surface area contributed by atoms with Gasteiger partial charge in [0, 0.05) is 18.2 Å². The van der Waals surface area contributed by atoms with Crippen LogP contribution in [0.5, 0.6) is 11.5 Å². The van der Waals surface area contributed by atoms with E-state index < -0.39 is 0 Å². The molecule has 1 N–H and O–H groups in total. The highest BCUT2D eigenvalue weighted by atomic mass is 32.2. The molecule has 0 atom stereocenters. The zero-order valence-electron chi connectivity index (χ0n) is 11.8. The van der Waals surface area contributed by atoms with Crippen LogP contribution in [0, 0.1) is 0 Å². The van der Waals surface area contributed by atoms with Crippen molar-refractivity contribution in [3.8, 4) is 11.5 Å². The third kappa shape index (κ3) is 4.62. The standard InChI is InChI=1S/C15H23NO2S/c1-17-14-6-3-5-12(11-16-13-7-8-13)15(14)18-9-4-10-19-2/h3,5-6,13,16H,4,7-11H2,1-2H3. The molecule has 0 saturated heterocycles. The van der Waals surface area contributed by atoms with Crippen LogP contribution in [0.3, 0.4) is 0 Å². The molecule has 1 aliphatic rings. The normalized spacial score (nSPS) is 14.4. The fourth-order valence-corrected chi connectivity index (χ4v) is 2.35. The van der Waals surface area contributed by atoms with Crippen LogP contribution >= 0.6 is 11.8 Å². The van der Waals surface area contributed by atoms with E-state index in [0.29, 0.717) is 6.04 Å². The van der Waals surface area contributed by atoms with E-state index in [-0.39, 0.29) is 0 Å². The molecular formula is C15H23NO2S. The average Bonchev–Trinajstić information content (AvgIpc) is 3.26. The summed E-state index contributed by atoms with van der Waals surface area (Å²) in [6.07, 6.45) is 5.78. The van der Waals surface area contributed by atoms with Crippen molar-refractivity contribution in [2.45, 2.75) is 31.8 Å². The van der Waals surface area contributed by atoms with Gasteiger partial charge in [0.25, 0.3) is 0 Å². The minimum atomic E-state index is 0.704. The van der Waals surface area contributed by atoms with Gasteiger partial charge in [-0.3, -0.25) is 0 Å². The Morgan fingerprint density at radius 1 is 1.37 bits per heavy atom. The number of nitrogens with one attached hydrogen (secondary N) is 1. The molecular weight excluding hydrogens is 258 g/mol. The van der Waals surface area contributed by atoms with E-state index in [4.69, 9.17) is 9.47 Å². The van der Waals surface area contributed by atoms with E-state index >= 15 is 0 Å². The molecule has 106 valence electrons. The lowest BCUT2D eigenvalue weighted by Gasteiger charge is -2.15. The van der Waals surface area contributed by atoms with Gasteiger partial charge in [0.15, 0.2) is 11.5 Å². The molecule has 0 bridgehead atoms. The predicted octanol–water partition coefficient (Wildman–Crippen LogP) is 3.08. The zero-order valence-corrected chi connectivity index (χ0v) is 12.6. The Bertz CT molecular complexity index is 394. The molecule has 19 heavy (non-hydrogen) atoms. The van der Waals surface area contributed by atoms with Crippen LogP contribution in [0.4, 0.5) is 0 Å². The van der Waals surface area contributed by atoms with Crippen molar-refractivity contribution in [3.63, 3.8) is 0 Å². The maximum atomic E-state index is 5.94. The minimum absolute atomic E-state index is 0.704.